The van der Waals surface area contributed by atoms with Crippen molar-refractivity contribution in [3.8, 4) is 22.5 Å². The van der Waals surface area contributed by atoms with Gasteiger partial charge in [0.2, 0.25) is 0 Å². The van der Waals surface area contributed by atoms with Gasteiger partial charge in [-0.3, -0.25) is 0 Å². The highest BCUT2D eigenvalue weighted by molar-refractivity contribution is 7.26. The molecule has 11 aromatic rings. The largest absolute Gasteiger partial charge is 0.242 e. The van der Waals surface area contributed by atoms with Crippen molar-refractivity contribution in [2.24, 2.45) is 0 Å². The van der Waals surface area contributed by atoms with Crippen LogP contribution in [-0.4, -0.2) is 9.97 Å². The summed E-state index contributed by atoms with van der Waals surface area (Å²) in [5.41, 5.74) is 4.99. The molecular formula is C44H24N2S2. The van der Waals surface area contributed by atoms with Crippen LogP contribution in [0.2, 0.25) is 0 Å². The molecule has 0 fully saturated rings. The summed E-state index contributed by atoms with van der Waals surface area (Å²) in [7, 11) is 0. The van der Waals surface area contributed by atoms with Gasteiger partial charge in [0.25, 0.3) is 0 Å². The summed E-state index contributed by atoms with van der Waals surface area (Å²) in [6.07, 6.45) is 0. The smallest absolute Gasteiger partial charge is 0.143 e. The van der Waals surface area contributed by atoms with Gasteiger partial charge in [0.1, 0.15) is 10.3 Å². The molecule has 0 spiro atoms. The molecule has 8 aromatic carbocycles. The topological polar surface area (TPSA) is 25.8 Å². The number of nitrogens with zero attached hydrogens (tertiary/aromatic N) is 2. The fourth-order valence-electron chi connectivity index (χ4n) is 7.58. The third-order valence-corrected chi connectivity index (χ3v) is 12.0. The van der Waals surface area contributed by atoms with Gasteiger partial charge in [0.05, 0.1) is 11.4 Å². The first-order valence-corrected chi connectivity index (χ1v) is 17.8. The van der Waals surface area contributed by atoms with E-state index in [4.69, 9.17) is 9.97 Å². The summed E-state index contributed by atoms with van der Waals surface area (Å²) in [5.74, 6) is 0. The second kappa shape index (κ2) is 9.91. The Bertz CT molecular complexity index is 3130. The van der Waals surface area contributed by atoms with Crippen molar-refractivity contribution in [3.05, 3.63) is 146 Å². The standard InChI is InChI=1S/C44H24N2S2/c1-2-11-27-21-29(18-17-25(27)9-1)41-42(46-44-43(45-41)32-15-7-8-16-37(32)48-44)35-22-28-12-4-5-13-30(28)33-23-36-39(24-34(33)35)47-38-20-19-26-10-3-6-14-31(26)40(36)38/h1-24H. The number of aromatic nitrogens is 2. The second-order valence-electron chi connectivity index (χ2n) is 12.5. The van der Waals surface area contributed by atoms with Crippen LogP contribution in [0.15, 0.2) is 146 Å². The molecule has 222 valence electrons. The van der Waals surface area contributed by atoms with E-state index in [0.29, 0.717) is 0 Å². The highest BCUT2D eigenvalue weighted by atomic mass is 32.1. The maximum Gasteiger partial charge on any atom is 0.143 e. The number of thiophene rings is 2. The molecule has 11 rings (SSSR count). The Kier molecular flexibility index (Phi) is 5.45. The fourth-order valence-corrected chi connectivity index (χ4v) is 9.74. The summed E-state index contributed by atoms with van der Waals surface area (Å²) in [5, 5.41) is 13.7. The SMILES string of the molecule is c1ccc2cc(-c3nc4c(nc3-c3cc5ccccc5c5cc6c(cc35)sc3ccc5ccccc5c36)sc3ccccc34)ccc2c1. The average molecular weight is 645 g/mol. The van der Waals surface area contributed by atoms with E-state index < -0.39 is 0 Å². The minimum absolute atomic E-state index is 0.913. The molecule has 3 heterocycles. The van der Waals surface area contributed by atoms with Gasteiger partial charge in [-0.2, -0.15) is 0 Å². The summed E-state index contributed by atoms with van der Waals surface area (Å²) < 4.78 is 3.80. The van der Waals surface area contributed by atoms with E-state index >= 15 is 0 Å². The molecule has 0 aliphatic rings. The molecule has 0 bridgehead atoms. The van der Waals surface area contributed by atoms with E-state index in [1.807, 2.05) is 11.3 Å². The zero-order valence-electron chi connectivity index (χ0n) is 25.6. The van der Waals surface area contributed by atoms with Gasteiger partial charge in [-0.05, 0) is 79.5 Å². The Balaban J connectivity index is 1.29. The van der Waals surface area contributed by atoms with Gasteiger partial charge in [-0.25, -0.2) is 9.97 Å². The van der Waals surface area contributed by atoms with E-state index in [0.717, 1.165) is 38.2 Å². The molecule has 3 aromatic heterocycles. The van der Waals surface area contributed by atoms with Crippen LogP contribution in [0.3, 0.4) is 0 Å². The lowest BCUT2D eigenvalue weighted by Crippen LogP contribution is -1.95. The predicted molar refractivity (Wildman–Crippen MR) is 209 cm³/mol. The molecule has 0 unspecified atom stereocenters. The van der Waals surface area contributed by atoms with Gasteiger partial charge in [-0.15, -0.1) is 22.7 Å². The molecule has 0 amide bonds. The first-order valence-electron chi connectivity index (χ1n) is 16.2. The first kappa shape index (κ1) is 26.4. The Labute approximate surface area is 283 Å². The van der Waals surface area contributed by atoms with Gasteiger partial charge >= 0.3 is 0 Å². The van der Waals surface area contributed by atoms with Crippen LogP contribution in [-0.2, 0) is 0 Å². The maximum absolute atomic E-state index is 5.52. The van der Waals surface area contributed by atoms with E-state index in [9.17, 15) is 0 Å². The second-order valence-corrected chi connectivity index (χ2v) is 14.7. The number of hydrogen-bond donors (Lipinski definition) is 0. The normalized spacial score (nSPS) is 12.2. The van der Waals surface area contributed by atoms with Crippen molar-refractivity contribution in [2.45, 2.75) is 0 Å². The van der Waals surface area contributed by atoms with Gasteiger partial charge < -0.3 is 0 Å². The number of rotatable bonds is 2. The van der Waals surface area contributed by atoms with Crippen molar-refractivity contribution in [3.63, 3.8) is 0 Å². The van der Waals surface area contributed by atoms with Crippen LogP contribution in [0.1, 0.15) is 0 Å². The Morgan fingerprint density at radius 1 is 0.375 bits per heavy atom. The van der Waals surface area contributed by atoms with E-state index in [1.165, 1.54) is 68.0 Å². The molecule has 48 heavy (non-hydrogen) atoms. The monoisotopic (exact) mass is 644 g/mol. The lowest BCUT2D eigenvalue weighted by atomic mass is 9.92. The third kappa shape index (κ3) is 3.79. The van der Waals surface area contributed by atoms with Crippen LogP contribution >= 0.6 is 22.7 Å². The quantitative estimate of drug-likeness (QED) is 0.175. The zero-order chi connectivity index (χ0) is 31.3. The Morgan fingerprint density at radius 3 is 2.00 bits per heavy atom. The molecule has 0 saturated carbocycles. The molecule has 0 saturated heterocycles. The van der Waals surface area contributed by atoms with Gasteiger partial charge in [-0.1, -0.05) is 109 Å². The molecule has 0 N–H and O–H groups in total. The van der Waals surface area contributed by atoms with E-state index in [2.05, 4.69) is 146 Å². The number of benzene rings is 8. The first-order chi connectivity index (χ1) is 23.8. The van der Waals surface area contributed by atoms with Crippen molar-refractivity contribution in [2.75, 3.05) is 0 Å². The van der Waals surface area contributed by atoms with Crippen LogP contribution in [0, 0.1) is 0 Å². The third-order valence-electron chi connectivity index (χ3n) is 9.83. The molecule has 4 heteroatoms. The molecule has 0 atom stereocenters. The molecule has 0 aliphatic heterocycles. The fraction of sp³-hybridized carbons (Fsp3) is 0. The van der Waals surface area contributed by atoms with E-state index in [1.54, 1.807) is 11.3 Å². The average Bonchev–Trinajstić information content (AvgIpc) is 3.70. The van der Waals surface area contributed by atoms with Crippen molar-refractivity contribution in [1.29, 1.82) is 0 Å². The Hall–Kier alpha value is -5.68. The minimum atomic E-state index is 0.913. The lowest BCUT2D eigenvalue weighted by Gasteiger charge is -2.15. The van der Waals surface area contributed by atoms with Crippen LogP contribution < -0.4 is 0 Å². The van der Waals surface area contributed by atoms with Gasteiger partial charge in [0, 0.05) is 41.4 Å². The molecule has 2 nitrogen and oxygen atoms in total. The highest BCUT2D eigenvalue weighted by Gasteiger charge is 2.21. The van der Waals surface area contributed by atoms with Crippen molar-refractivity contribution in [1.82, 2.24) is 9.97 Å². The maximum atomic E-state index is 5.52. The van der Waals surface area contributed by atoms with Crippen molar-refractivity contribution < 1.29 is 0 Å². The van der Waals surface area contributed by atoms with Crippen molar-refractivity contribution >= 4 is 106 Å². The van der Waals surface area contributed by atoms with Crippen LogP contribution in [0.4, 0.5) is 0 Å². The highest BCUT2D eigenvalue weighted by Crippen LogP contribution is 2.46. The summed E-state index contributed by atoms with van der Waals surface area (Å²) in [6.45, 7) is 0. The van der Waals surface area contributed by atoms with Crippen LogP contribution in [0.5, 0.6) is 0 Å². The van der Waals surface area contributed by atoms with Gasteiger partial charge in [0.15, 0.2) is 0 Å². The molecular weight excluding hydrogens is 621 g/mol. The molecule has 0 aliphatic carbocycles. The van der Waals surface area contributed by atoms with Crippen LogP contribution in [0.25, 0.3) is 106 Å². The lowest BCUT2D eigenvalue weighted by molar-refractivity contribution is 1.32. The molecule has 0 radical (unpaired) electrons. The Morgan fingerprint density at radius 2 is 1.10 bits per heavy atom. The number of hydrogen-bond acceptors (Lipinski definition) is 4. The summed E-state index contributed by atoms with van der Waals surface area (Å²) >= 11 is 3.60. The minimum Gasteiger partial charge on any atom is -0.242 e. The number of fused-ring (bicyclic) bond motifs is 12. The summed E-state index contributed by atoms with van der Waals surface area (Å²) in [4.78, 5) is 12.0. The summed E-state index contributed by atoms with van der Waals surface area (Å²) in [6, 6.07) is 53.0. The predicted octanol–water partition coefficient (Wildman–Crippen LogP) is 13.2. The zero-order valence-corrected chi connectivity index (χ0v) is 27.2. The van der Waals surface area contributed by atoms with E-state index in [-0.39, 0.29) is 0 Å².